The number of nitrogens with zero attached hydrogens (tertiary/aromatic N) is 2. The summed E-state index contributed by atoms with van der Waals surface area (Å²) in [5.74, 6) is -0.0852. The van der Waals surface area contributed by atoms with E-state index in [1.54, 1.807) is 6.92 Å². The van der Waals surface area contributed by atoms with E-state index in [0.29, 0.717) is 13.1 Å². The van der Waals surface area contributed by atoms with Crippen LogP contribution in [0.3, 0.4) is 0 Å². The van der Waals surface area contributed by atoms with Gasteiger partial charge < -0.3 is 10.2 Å². The van der Waals surface area contributed by atoms with E-state index in [1.165, 1.54) is 5.56 Å². The molecule has 1 saturated heterocycles. The minimum Gasteiger partial charge on any atom is -0.344 e. The molecule has 0 radical (unpaired) electrons. The molecular weight excluding hydrogens is 302 g/mol. The largest absolute Gasteiger partial charge is 0.344 e. The van der Waals surface area contributed by atoms with Gasteiger partial charge in [0, 0.05) is 38.1 Å². The summed E-state index contributed by atoms with van der Waals surface area (Å²) in [7, 11) is 0. The number of piperazine rings is 1. The zero-order valence-corrected chi connectivity index (χ0v) is 15.2. The lowest BCUT2D eigenvalue weighted by Crippen LogP contribution is -2.54. The molecule has 0 saturated carbocycles. The van der Waals surface area contributed by atoms with Gasteiger partial charge in [-0.15, -0.1) is 0 Å². The Bertz CT molecular complexity index is 558. The highest BCUT2D eigenvalue weighted by atomic mass is 16.2. The van der Waals surface area contributed by atoms with Crippen LogP contribution in [0.4, 0.5) is 0 Å². The second-order valence-electron chi connectivity index (χ2n) is 7.53. The normalized spacial score (nSPS) is 17.4. The van der Waals surface area contributed by atoms with Crippen molar-refractivity contribution in [1.29, 1.82) is 0 Å². The first kappa shape index (κ1) is 18.5. The molecule has 1 aliphatic heterocycles. The predicted octanol–water partition coefficient (Wildman–Crippen LogP) is 1.88. The molecule has 5 nitrogen and oxygen atoms in total. The van der Waals surface area contributed by atoms with Crippen molar-refractivity contribution in [2.75, 3.05) is 26.2 Å². The summed E-state index contributed by atoms with van der Waals surface area (Å²) in [6.45, 7) is 11.4. The Balaban J connectivity index is 1.81. The van der Waals surface area contributed by atoms with E-state index in [2.05, 4.69) is 34.5 Å². The van der Waals surface area contributed by atoms with Crippen molar-refractivity contribution in [3.05, 3.63) is 35.9 Å². The van der Waals surface area contributed by atoms with E-state index in [0.717, 1.165) is 19.6 Å². The van der Waals surface area contributed by atoms with Crippen LogP contribution in [0, 0.1) is 5.41 Å². The number of benzene rings is 1. The number of hydrogen-bond acceptors (Lipinski definition) is 3. The first-order chi connectivity index (χ1) is 11.3. The molecule has 1 fully saturated rings. The molecule has 1 aromatic rings. The molecule has 1 aliphatic rings. The molecule has 0 bridgehead atoms. The molecule has 1 heterocycles. The van der Waals surface area contributed by atoms with Gasteiger partial charge in [-0.25, -0.2) is 0 Å². The van der Waals surface area contributed by atoms with Crippen molar-refractivity contribution in [2.45, 2.75) is 40.3 Å². The number of hydrogen-bond donors (Lipinski definition) is 1. The van der Waals surface area contributed by atoms with E-state index in [1.807, 2.05) is 31.7 Å². The molecule has 0 spiro atoms. The quantitative estimate of drug-likeness (QED) is 0.916. The maximum Gasteiger partial charge on any atom is 0.244 e. The van der Waals surface area contributed by atoms with Gasteiger partial charge in [-0.2, -0.15) is 0 Å². The average Bonchev–Trinajstić information content (AvgIpc) is 2.55. The fraction of sp³-hybridized carbons (Fsp3) is 0.579. The number of carbonyl (C=O) groups excluding carboxylic acids is 2. The Labute approximate surface area is 145 Å². The van der Waals surface area contributed by atoms with Crippen LogP contribution in [0.5, 0.6) is 0 Å². The highest BCUT2D eigenvalue weighted by Crippen LogP contribution is 2.14. The monoisotopic (exact) mass is 331 g/mol. The van der Waals surface area contributed by atoms with Crippen LogP contribution < -0.4 is 5.32 Å². The van der Waals surface area contributed by atoms with Gasteiger partial charge in [-0.3, -0.25) is 14.5 Å². The lowest BCUT2D eigenvalue weighted by Gasteiger charge is -2.36. The molecule has 0 aromatic heterocycles. The van der Waals surface area contributed by atoms with Crippen molar-refractivity contribution in [3.63, 3.8) is 0 Å². The summed E-state index contributed by atoms with van der Waals surface area (Å²) in [5, 5.41) is 2.82. The van der Waals surface area contributed by atoms with E-state index in [-0.39, 0.29) is 11.8 Å². The Morgan fingerprint density at radius 3 is 2.21 bits per heavy atom. The fourth-order valence-electron chi connectivity index (χ4n) is 2.72. The SMILES string of the molecule is C[C@H](NC(=O)C(C)(C)C)C(=O)N1CCN(Cc2ccccc2)CC1. The number of nitrogens with one attached hydrogen (secondary N) is 1. The summed E-state index contributed by atoms with van der Waals surface area (Å²) in [6.07, 6.45) is 0. The topological polar surface area (TPSA) is 52.7 Å². The van der Waals surface area contributed by atoms with Gasteiger partial charge in [-0.05, 0) is 12.5 Å². The average molecular weight is 331 g/mol. The summed E-state index contributed by atoms with van der Waals surface area (Å²) in [5.41, 5.74) is 0.811. The van der Waals surface area contributed by atoms with Crippen LogP contribution in [-0.2, 0) is 16.1 Å². The molecule has 1 N–H and O–H groups in total. The van der Waals surface area contributed by atoms with Crippen LogP contribution in [-0.4, -0.2) is 53.8 Å². The Kier molecular flexibility index (Phi) is 5.99. The van der Waals surface area contributed by atoms with Crippen molar-refractivity contribution < 1.29 is 9.59 Å². The molecule has 1 atom stereocenters. The first-order valence-electron chi connectivity index (χ1n) is 8.63. The van der Waals surface area contributed by atoms with Gasteiger partial charge in [0.2, 0.25) is 11.8 Å². The minimum absolute atomic E-state index is 0.00645. The second-order valence-corrected chi connectivity index (χ2v) is 7.53. The summed E-state index contributed by atoms with van der Waals surface area (Å²) in [6, 6.07) is 9.90. The summed E-state index contributed by atoms with van der Waals surface area (Å²) >= 11 is 0. The third-order valence-electron chi connectivity index (χ3n) is 4.33. The smallest absolute Gasteiger partial charge is 0.244 e. The van der Waals surface area contributed by atoms with Crippen molar-refractivity contribution in [1.82, 2.24) is 15.1 Å². The number of rotatable bonds is 4. The van der Waals surface area contributed by atoms with Crippen LogP contribution in [0.1, 0.15) is 33.3 Å². The standard InChI is InChI=1S/C19H29N3O2/c1-15(20-18(24)19(2,3)4)17(23)22-12-10-21(11-13-22)14-16-8-6-5-7-9-16/h5-9,15H,10-14H2,1-4H3,(H,20,24)/t15-/m0/s1. The molecule has 0 aliphatic carbocycles. The van der Waals surface area contributed by atoms with Crippen LogP contribution in [0.2, 0.25) is 0 Å². The lowest BCUT2D eigenvalue weighted by atomic mass is 9.95. The van der Waals surface area contributed by atoms with E-state index in [9.17, 15) is 9.59 Å². The van der Waals surface area contributed by atoms with E-state index >= 15 is 0 Å². The van der Waals surface area contributed by atoms with E-state index in [4.69, 9.17) is 0 Å². The molecule has 0 unspecified atom stereocenters. The lowest BCUT2D eigenvalue weighted by molar-refractivity contribution is -0.139. The fourth-order valence-corrected chi connectivity index (χ4v) is 2.72. The number of carbonyl (C=O) groups is 2. The Hall–Kier alpha value is -1.88. The zero-order chi connectivity index (χ0) is 17.7. The van der Waals surface area contributed by atoms with Gasteiger partial charge in [0.25, 0.3) is 0 Å². The first-order valence-corrected chi connectivity index (χ1v) is 8.63. The van der Waals surface area contributed by atoms with Gasteiger partial charge in [0.1, 0.15) is 6.04 Å². The number of amides is 2. The van der Waals surface area contributed by atoms with Crippen LogP contribution in [0.15, 0.2) is 30.3 Å². The predicted molar refractivity (Wildman–Crippen MR) is 95.4 cm³/mol. The molecule has 2 amide bonds. The zero-order valence-electron chi connectivity index (χ0n) is 15.2. The third-order valence-corrected chi connectivity index (χ3v) is 4.33. The minimum atomic E-state index is -0.483. The highest BCUT2D eigenvalue weighted by Gasteiger charge is 2.29. The molecule has 1 aromatic carbocycles. The third kappa shape index (κ3) is 5.06. The van der Waals surface area contributed by atoms with Gasteiger partial charge in [0.15, 0.2) is 0 Å². The molecular formula is C19H29N3O2. The summed E-state index contributed by atoms with van der Waals surface area (Å²) in [4.78, 5) is 28.8. The highest BCUT2D eigenvalue weighted by molar-refractivity contribution is 5.89. The Morgan fingerprint density at radius 1 is 1.08 bits per heavy atom. The molecule has 24 heavy (non-hydrogen) atoms. The molecule has 5 heteroatoms. The maximum absolute atomic E-state index is 12.5. The van der Waals surface area contributed by atoms with Crippen LogP contribution in [0.25, 0.3) is 0 Å². The van der Waals surface area contributed by atoms with Gasteiger partial charge >= 0.3 is 0 Å². The van der Waals surface area contributed by atoms with Crippen LogP contribution >= 0.6 is 0 Å². The molecule has 132 valence electrons. The second kappa shape index (κ2) is 7.79. The summed E-state index contributed by atoms with van der Waals surface area (Å²) < 4.78 is 0. The molecule has 2 rings (SSSR count). The van der Waals surface area contributed by atoms with E-state index < -0.39 is 11.5 Å². The maximum atomic E-state index is 12.5. The van der Waals surface area contributed by atoms with Gasteiger partial charge in [0.05, 0.1) is 0 Å². The Morgan fingerprint density at radius 2 is 1.67 bits per heavy atom. The van der Waals surface area contributed by atoms with Crippen molar-refractivity contribution in [2.24, 2.45) is 5.41 Å². The van der Waals surface area contributed by atoms with Crippen molar-refractivity contribution >= 4 is 11.8 Å². The van der Waals surface area contributed by atoms with Crippen molar-refractivity contribution in [3.8, 4) is 0 Å². The van der Waals surface area contributed by atoms with Gasteiger partial charge in [-0.1, -0.05) is 51.1 Å².